The molecule has 0 amide bonds. The molecule has 9 heteroatoms. The van der Waals surface area contributed by atoms with Crippen LogP contribution in [0.15, 0.2) is 0 Å². The predicted molar refractivity (Wildman–Crippen MR) is 73.5 cm³/mol. The van der Waals surface area contributed by atoms with Gasteiger partial charge in [0.05, 0.1) is 29.5 Å². The number of hydrogen-bond acceptors (Lipinski definition) is 6. The molecule has 0 aliphatic carbocycles. The van der Waals surface area contributed by atoms with Crippen molar-refractivity contribution in [3.63, 3.8) is 0 Å². The zero-order valence-electron chi connectivity index (χ0n) is 11.7. The maximum atomic E-state index is 12.1. The highest BCUT2D eigenvalue weighted by Crippen LogP contribution is 2.23. The lowest BCUT2D eigenvalue weighted by Gasteiger charge is -2.23. The Morgan fingerprint density at radius 3 is 2.35 bits per heavy atom. The van der Waals surface area contributed by atoms with Crippen LogP contribution in [-0.2, 0) is 29.3 Å². The molecular formula is C11H21NO6S2. The molecule has 0 radical (unpaired) electrons. The number of nitrogens with one attached hydrogen (secondary N) is 1. The van der Waals surface area contributed by atoms with Crippen LogP contribution in [-0.4, -0.2) is 58.6 Å². The maximum Gasteiger partial charge on any atom is 0.214 e. The number of hydrogen-bond donors (Lipinski definition) is 1. The van der Waals surface area contributed by atoms with Crippen molar-refractivity contribution in [1.29, 1.82) is 0 Å². The molecular weight excluding hydrogens is 306 g/mol. The summed E-state index contributed by atoms with van der Waals surface area (Å²) in [5.74, 6) is -0.807. The van der Waals surface area contributed by atoms with E-state index in [0.29, 0.717) is 6.61 Å². The highest BCUT2D eigenvalue weighted by atomic mass is 32.2. The van der Waals surface area contributed by atoms with Crippen LogP contribution in [0.25, 0.3) is 0 Å². The summed E-state index contributed by atoms with van der Waals surface area (Å²) in [7, 11) is -6.57. The fourth-order valence-corrected chi connectivity index (χ4v) is 5.67. The summed E-state index contributed by atoms with van der Waals surface area (Å²) >= 11 is 0. The monoisotopic (exact) mass is 327 g/mol. The molecule has 20 heavy (non-hydrogen) atoms. The van der Waals surface area contributed by atoms with Gasteiger partial charge in [0.1, 0.15) is 9.84 Å². The van der Waals surface area contributed by atoms with Crippen LogP contribution in [0.5, 0.6) is 0 Å². The van der Waals surface area contributed by atoms with Gasteiger partial charge in [-0.3, -0.25) is 0 Å². The molecule has 2 rings (SSSR count). The van der Waals surface area contributed by atoms with Gasteiger partial charge in [0.15, 0.2) is 5.79 Å². The van der Waals surface area contributed by atoms with Crippen LogP contribution in [0, 0.1) is 0 Å². The van der Waals surface area contributed by atoms with E-state index < -0.39 is 30.9 Å². The number of sulfone groups is 1. The number of ether oxygens (including phenoxy) is 2. The second kappa shape index (κ2) is 5.53. The first-order chi connectivity index (χ1) is 9.10. The van der Waals surface area contributed by atoms with Crippen molar-refractivity contribution < 1.29 is 26.3 Å². The zero-order chi connectivity index (χ0) is 15.0. The summed E-state index contributed by atoms with van der Waals surface area (Å²) in [6.07, 6.45) is 0.00297. The molecule has 2 fully saturated rings. The molecule has 2 saturated heterocycles. The first-order valence-corrected chi connectivity index (χ1v) is 9.97. The third kappa shape index (κ3) is 4.14. The minimum Gasteiger partial charge on any atom is -0.348 e. The molecule has 118 valence electrons. The van der Waals surface area contributed by atoms with Gasteiger partial charge >= 0.3 is 0 Å². The van der Waals surface area contributed by atoms with Crippen molar-refractivity contribution >= 4 is 19.9 Å². The molecule has 0 bridgehead atoms. The lowest BCUT2D eigenvalue weighted by Crippen LogP contribution is -2.43. The van der Waals surface area contributed by atoms with Crippen molar-refractivity contribution in [2.75, 3.05) is 24.7 Å². The fourth-order valence-electron chi connectivity index (χ4n) is 2.37. The summed E-state index contributed by atoms with van der Waals surface area (Å²) < 4.78 is 60.2. The molecule has 2 aliphatic rings. The highest BCUT2D eigenvalue weighted by molar-refractivity contribution is 7.92. The van der Waals surface area contributed by atoms with E-state index in [1.54, 1.807) is 13.8 Å². The number of sulfonamides is 1. The van der Waals surface area contributed by atoms with Crippen LogP contribution in [0.4, 0.5) is 0 Å². The van der Waals surface area contributed by atoms with E-state index in [0.717, 1.165) is 0 Å². The molecule has 1 unspecified atom stereocenters. The smallest absolute Gasteiger partial charge is 0.214 e. The van der Waals surface area contributed by atoms with Gasteiger partial charge in [0.2, 0.25) is 10.0 Å². The van der Waals surface area contributed by atoms with E-state index in [-0.39, 0.29) is 37.0 Å². The molecule has 0 aromatic rings. The molecule has 7 nitrogen and oxygen atoms in total. The van der Waals surface area contributed by atoms with Gasteiger partial charge in [-0.25, -0.2) is 21.6 Å². The Kier molecular flexibility index (Phi) is 4.46. The normalized spacial score (nSPS) is 30.4. The summed E-state index contributed by atoms with van der Waals surface area (Å²) in [5.41, 5.74) is 0. The van der Waals surface area contributed by atoms with E-state index in [9.17, 15) is 16.8 Å². The van der Waals surface area contributed by atoms with Crippen LogP contribution in [0.2, 0.25) is 0 Å². The van der Waals surface area contributed by atoms with Gasteiger partial charge < -0.3 is 9.47 Å². The highest BCUT2D eigenvalue weighted by Gasteiger charge is 2.36. The van der Waals surface area contributed by atoms with Gasteiger partial charge in [-0.2, -0.15) is 0 Å². The first-order valence-electron chi connectivity index (χ1n) is 6.60. The molecule has 1 N–H and O–H groups in total. The van der Waals surface area contributed by atoms with Crippen LogP contribution in [0.3, 0.4) is 0 Å². The van der Waals surface area contributed by atoms with Crippen molar-refractivity contribution in [2.45, 2.75) is 43.8 Å². The summed E-state index contributed by atoms with van der Waals surface area (Å²) in [5, 5.41) is -0.638. The topological polar surface area (TPSA) is 98.8 Å². The Morgan fingerprint density at radius 2 is 1.85 bits per heavy atom. The predicted octanol–water partition coefficient (Wildman–Crippen LogP) is -0.365. The molecule has 0 saturated carbocycles. The van der Waals surface area contributed by atoms with Gasteiger partial charge in [0.25, 0.3) is 0 Å². The first kappa shape index (κ1) is 16.2. The standard InChI is InChI=1S/C11H21NO6S2/c1-11(2)17-8-9(18-11)7-12-20(15,16)10-3-5-19(13,14)6-4-10/h9-10,12H,3-8H2,1-2H3. The van der Waals surface area contributed by atoms with Gasteiger partial charge in [-0.1, -0.05) is 0 Å². The molecule has 2 heterocycles. The Morgan fingerprint density at radius 1 is 1.25 bits per heavy atom. The van der Waals surface area contributed by atoms with Crippen molar-refractivity contribution in [3.8, 4) is 0 Å². The van der Waals surface area contributed by atoms with E-state index in [4.69, 9.17) is 9.47 Å². The van der Waals surface area contributed by atoms with E-state index in [2.05, 4.69) is 4.72 Å². The van der Waals surface area contributed by atoms with Crippen LogP contribution >= 0.6 is 0 Å². The zero-order valence-corrected chi connectivity index (χ0v) is 13.3. The molecule has 1 atom stereocenters. The SMILES string of the molecule is CC1(C)OCC(CNS(=O)(=O)C2CCS(=O)(=O)CC2)O1. The average Bonchev–Trinajstić information content (AvgIpc) is 2.66. The lowest BCUT2D eigenvalue weighted by molar-refractivity contribution is -0.137. The van der Waals surface area contributed by atoms with Crippen molar-refractivity contribution in [1.82, 2.24) is 4.72 Å². The fraction of sp³-hybridized carbons (Fsp3) is 1.00. The second-order valence-corrected chi connectivity index (χ2v) is 10.0. The van der Waals surface area contributed by atoms with Crippen molar-refractivity contribution in [2.24, 2.45) is 0 Å². The van der Waals surface area contributed by atoms with Gasteiger partial charge in [0, 0.05) is 6.54 Å². The Balaban J connectivity index is 1.86. The van der Waals surface area contributed by atoms with E-state index in [1.807, 2.05) is 0 Å². The second-order valence-electron chi connectivity index (χ2n) is 5.70. The Labute approximate surface area is 120 Å². The van der Waals surface area contributed by atoms with Crippen LogP contribution < -0.4 is 4.72 Å². The maximum absolute atomic E-state index is 12.1. The van der Waals surface area contributed by atoms with E-state index in [1.165, 1.54) is 0 Å². The average molecular weight is 327 g/mol. The summed E-state index contributed by atoms with van der Waals surface area (Å²) in [6.45, 7) is 4.03. The molecule has 0 aromatic carbocycles. The lowest BCUT2D eigenvalue weighted by atomic mass is 10.2. The molecule has 2 aliphatic heterocycles. The van der Waals surface area contributed by atoms with Crippen LogP contribution in [0.1, 0.15) is 26.7 Å². The Hall–Kier alpha value is -0.220. The quantitative estimate of drug-likeness (QED) is 0.757. The summed E-state index contributed by atoms with van der Waals surface area (Å²) in [4.78, 5) is 0. The minimum absolute atomic E-state index is 0.0609. The largest absolute Gasteiger partial charge is 0.348 e. The van der Waals surface area contributed by atoms with Gasteiger partial charge in [-0.15, -0.1) is 0 Å². The van der Waals surface area contributed by atoms with E-state index >= 15 is 0 Å². The van der Waals surface area contributed by atoms with Gasteiger partial charge in [-0.05, 0) is 26.7 Å². The molecule has 0 spiro atoms. The Bertz CT molecular complexity index is 539. The third-order valence-corrected chi connectivity index (χ3v) is 7.15. The van der Waals surface area contributed by atoms with Crippen molar-refractivity contribution in [3.05, 3.63) is 0 Å². The number of rotatable bonds is 4. The summed E-state index contributed by atoms with van der Waals surface area (Å²) in [6, 6.07) is 0. The minimum atomic E-state index is -3.51. The molecule has 0 aromatic heterocycles. The third-order valence-electron chi connectivity index (χ3n) is 3.52.